The highest BCUT2D eigenvalue weighted by Crippen LogP contribution is 2.58. The summed E-state index contributed by atoms with van der Waals surface area (Å²) in [7, 11) is 0. The average Bonchev–Trinajstić information content (AvgIpc) is 3.64. The fourth-order valence-electron chi connectivity index (χ4n) is 9.38. The molecule has 5 aromatic carbocycles. The van der Waals surface area contributed by atoms with E-state index in [9.17, 15) is 33.9 Å². The van der Waals surface area contributed by atoms with Gasteiger partial charge in [0.1, 0.15) is 5.75 Å². The lowest BCUT2D eigenvalue weighted by Gasteiger charge is -2.44. The molecule has 0 unspecified atom stereocenters. The van der Waals surface area contributed by atoms with E-state index in [1.807, 2.05) is 24.3 Å². The third-order valence-electron chi connectivity index (χ3n) is 12.1. The molecule has 0 bridgehead atoms. The predicted molar refractivity (Wildman–Crippen MR) is 208 cm³/mol. The zero-order valence-corrected chi connectivity index (χ0v) is 30.4. The standard InChI is InChI=1S/C47H36N2O7/c1-26-24-31(16-23-38(26)50)39-34-21-22-35-40(46(55)48(44(35)53)32-17-12-29(13-18-32)42(51)27-8-4-2-5-9-27)36(34)25-37-41(39)47(56)49(45(37)54)33-19-14-30(15-20-33)43(52)28-10-6-3-7-11-28/h2-21,23-24,35-37,39-41,50H,22,25H2,1H3/t35-,36+,37+,39-,40-,41+/m0/s1. The number of phenols is 1. The van der Waals surface area contributed by atoms with Gasteiger partial charge in [-0.15, -0.1) is 0 Å². The van der Waals surface area contributed by atoms with Crippen LogP contribution in [0.4, 0.5) is 11.4 Å². The highest BCUT2D eigenvalue weighted by atomic mass is 16.3. The Balaban J connectivity index is 1.05. The Hall–Kier alpha value is -6.74. The summed E-state index contributed by atoms with van der Waals surface area (Å²) in [5, 5.41) is 10.4. The number of aryl methyl sites for hydroxylation is 1. The Morgan fingerprint density at radius 2 is 1.04 bits per heavy atom. The molecule has 5 aromatic rings. The summed E-state index contributed by atoms with van der Waals surface area (Å²) in [6.45, 7) is 1.77. The lowest BCUT2D eigenvalue weighted by molar-refractivity contribution is -0.126. The highest BCUT2D eigenvalue weighted by Gasteiger charge is 2.62. The maximum atomic E-state index is 14.6. The number of carbonyl (C=O) groups is 6. The first-order valence-electron chi connectivity index (χ1n) is 18.8. The van der Waals surface area contributed by atoms with Crippen LogP contribution in [-0.2, 0) is 19.2 Å². The number of anilines is 2. The molecule has 2 aliphatic carbocycles. The summed E-state index contributed by atoms with van der Waals surface area (Å²) in [4.78, 5) is 86.2. The highest BCUT2D eigenvalue weighted by molar-refractivity contribution is 6.24. The van der Waals surface area contributed by atoms with Gasteiger partial charge in [-0.1, -0.05) is 84.4 Å². The number of fused-ring (bicyclic) bond motifs is 4. The van der Waals surface area contributed by atoms with Crippen LogP contribution in [0.25, 0.3) is 0 Å². The summed E-state index contributed by atoms with van der Waals surface area (Å²) >= 11 is 0. The summed E-state index contributed by atoms with van der Waals surface area (Å²) in [5.74, 6) is -5.79. The van der Waals surface area contributed by atoms with Crippen molar-refractivity contribution in [2.24, 2.45) is 29.6 Å². The van der Waals surface area contributed by atoms with Crippen LogP contribution in [0.3, 0.4) is 0 Å². The van der Waals surface area contributed by atoms with Gasteiger partial charge in [0.05, 0.1) is 35.0 Å². The van der Waals surface area contributed by atoms with Gasteiger partial charge in [-0.05, 0) is 91.4 Å². The molecule has 56 heavy (non-hydrogen) atoms. The molecule has 2 aliphatic heterocycles. The molecule has 9 nitrogen and oxygen atoms in total. The molecule has 0 radical (unpaired) electrons. The van der Waals surface area contributed by atoms with Gasteiger partial charge in [0.15, 0.2) is 11.6 Å². The number of amides is 4. The van der Waals surface area contributed by atoms with Crippen LogP contribution in [-0.4, -0.2) is 40.3 Å². The fraction of sp³-hybridized carbons (Fsp3) is 0.191. The molecule has 1 N–H and O–H groups in total. The van der Waals surface area contributed by atoms with Gasteiger partial charge in [-0.3, -0.25) is 38.6 Å². The number of allylic oxidation sites excluding steroid dienone is 2. The van der Waals surface area contributed by atoms with Gasteiger partial charge in [0.2, 0.25) is 23.6 Å². The van der Waals surface area contributed by atoms with E-state index < -0.39 is 41.4 Å². The van der Waals surface area contributed by atoms with E-state index >= 15 is 0 Å². The molecule has 2 saturated heterocycles. The van der Waals surface area contributed by atoms with E-state index in [1.165, 1.54) is 9.80 Å². The smallest absolute Gasteiger partial charge is 0.238 e. The quantitative estimate of drug-likeness (QED) is 0.106. The first kappa shape index (κ1) is 35.0. The SMILES string of the molecule is Cc1cc([C@H]2C3=CC[C@@H]4C(=O)N(c5ccc(C(=O)c6ccccc6)cc5)C(=O)[C@@H]4[C@@H]3C[C@H]3C(=O)N(c4ccc(C(=O)c5ccccc5)cc4)C(=O)[C@@H]23)ccc1O. The van der Waals surface area contributed by atoms with E-state index in [0.717, 1.165) is 11.1 Å². The van der Waals surface area contributed by atoms with E-state index in [-0.39, 0.29) is 47.9 Å². The summed E-state index contributed by atoms with van der Waals surface area (Å²) in [6.07, 6.45) is 2.47. The second-order valence-electron chi connectivity index (χ2n) is 15.1. The Kier molecular flexibility index (Phi) is 8.45. The van der Waals surface area contributed by atoms with Crippen molar-refractivity contribution in [3.05, 3.63) is 172 Å². The number of nitrogens with zero attached hydrogens (tertiary/aromatic N) is 2. The largest absolute Gasteiger partial charge is 0.508 e. The van der Waals surface area contributed by atoms with Crippen molar-refractivity contribution in [1.29, 1.82) is 0 Å². The van der Waals surface area contributed by atoms with Gasteiger partial charge in [0, 0.05) is 28.2 Å². The first-order chi connectivity index (χ1) is 27.1. The van der Waals surface area contributed by atoms with Crippen LogP contribution in [0, 0.1) is 36.5 Å². The number of carbonyl (C=O) groups excluding carboxylic acids is 6. The van der Waals surface area contributed by atoms with Gasteiger partial charge >= 0.3 is 0 Å². The number of aromatic hydroxyl groups is 1. The van der Waals surface area contributed by atoms with Crippen molar-refractivity contribution in [3.63, 3.8) is 0 Å². The fourth-order valence-corrected chi connectivity index (χ4v) is 9.38. The van der Waals surface area contributed by atoms with Gasteiger partial charge < -0.3 is 5.11 Å². The molecule has 6 atom stereocenters. The lowest BCUT2D eigenvalue weighted by atomic mass is 9.57. The zero-order chi connectivity index (χ0) is 38.8. The Bertz CT molecular complexity index is 2490. The number of rotatable bonds is 7. The molecule has 9 heteroatoms. The van der Waals surface area contributed by atoms with Gasteiger partial charge in [-0.2, -0.15) is 0 Å². The molecule has 0 spiro atoms. The van der Waals surface area contributed by atoms with Crippen molar-refractivity contribution >= 4 is 46.6 Å². The van der Waals surface area contributed by atoms with Gasteiger partial charge in [-0.25, -0.2) is 0 Å². The molecule has 276 valence electrons. The minimum atomic E-state index is -0.784. The second-order valence-corrected chi connectivity index (χ2v) is 15.1. The molecule has 1 saturated carbocycles. The lowest BCUT2D eigenvalue weighted by Crippen LogP contribution is -2.43. The van der Waals surface area contributed by atoms with Crippen LogP contribution >= 0.6 is 0 Å². The van der Waals surface area contributed by atoms with Crippen molar-refractivity contribution in [3.8, 4) is 5.75 Å². The number of hydrogen-bond donors (Lipinski definition) is 1. The Labute approximate surface area is 322 Å². The number of hydrogen-bond acceptors (Lipinski definition) is 7. The van der Waals surface area contributed by atoms with Crippen LogP contribution in [0.5, 0.6) is 5.75 Å². The molecular weight excluding hydrogens is 705 g/mol. The minimum Gasteiger partial charge on any atom is -0.508 e. The molecule has 3 fully saturated rings. The van der Waals surface area contributed by atoms with Crippen molar-refractivity contribution in [1.82, 2.24) is 0 Å². The molecule has 4 amide bonds. The number of ketones is 2. The minimum absolute atomic E-state index is 0.0969. The normalized spacial score (nSPS) is 24.1. The number of imide groups is 2. The summed E-state index contributed by atoms with van der Waals surface area (Å²) in [6, 6.07) is 35.8. The van der Waals surface area contributed by atoms with Crippen LogP contribution in [0.1, 0.15) is 61.7 Å². The second kappa shape index (κ2) is 13.5. The van der Waals surface area contributed by atoms with Crippen molar-refractivity contribution in [2.45, 2.75) is 25.7 Å². The maximum Gasteiger partial charge on any atom is 0.238 e. The molecule has 9 rings (SSSR count). The molecular formula is C47H36N2O7. The Morgan fingerprint density at radius 3 is 1.55 bits per heavy atom. The molecule has 0 aromatic heterocycles. The third-order valence-corrected chi connectivity index (χ3v) is 12.1. The zero-order valence-electron chi connectivity index (χ0n) is 30.4. The van der Waals surface area contributed by atoms with Crippen LogP contribution in [0.2, 0.25) is 0 Å². The predicted octanol–water partition coefficient (Wildman–Crippen LogP) is 7.21. The number of benzene rings is 5. The van der Waals surface area contributed by atoms with E-state index in [4.69, 9.17) is 0 Å². The van der Waals surface area contributed by atoms with E-state index in [0.29, 0.717) is 39.2 Å². The van der Waals surface area contributed by atoms with Crippen LogP contribution in [0.15, 0.2) is 139 Å². The Morgan fingerprint density at radius 1 is 0.554 bits per heavy atom. The molecule has 4 aliphatic rings. The summed E-state index contributed by atoms with van der Waals surface area (Å²) in [5.41, 5.74) is 4.81. The van der Waals surface area contributed by atoms with Crippen LogP contribution < -0.4 is 9.80 Å². The average molecular weight is 741 g/mol. The van der Waals surface area contributed by atoms with Crippen molar-refractivity contribution in [2.75, 3.05) is 9.80 Å². The monoisotopic (exact) mass is 740 g/mol. The van der Waals surface area contributed by atoms with E-state index in [1.54, 1.807) is 116 Å². The van der Waals surface area contributed by atoms with E-state index in [2.05, 4.69) is 0 Å². The molecule has 2 heterocycles. The first-order valence-corrected chi connectivity index (χ1v) is 18.8. The van der Waals surface area contributed by atoms with Gasteiger partial charge in [0.25, 0.3) is 0 Å². The maximum absolute atomic E-state index is 14.6. The number of phenolic OH excluding ortho intramolecular Hbond substituents is 1. The third kappa shape index (κ3) is 5.53. The topological polar surface area (TPSA) is 129 Å². The van der Waals surface area contributed by atoms with Crippen molar-refractivity contribution < 1.29 is 33.9 Å². The summed E-state index contributed by atoms with van der Waals surface area (Å²) < 4.78 is 0.